The molecule has 0 saturated carbocycles. The van der Waals surface area contributed by atoms with Crippen molar-refractivity contribution in [2.24, 2.45) is 0 Å². The van der Waals surface area contributed by atoms with Gasteiger partial charge in [0.25, 0.3) is 0 Å². The van der Waals surface area contributed by atoms with E-state index in [1.807, 2.05) is 24.4 Å². The number of pyridine rings is 2. The van der Waals surface area contributed by atoms with E-state index in [1.54, 1.807) is 24.2 Å². The predicted octanol–water partition coefficient (Wildman–Crippen LogP) is 1.72. The highest BCUT2D eigenvalue weighted by Gasteiger charge is 2.10. The Morgan fingerprint density at radius 3 is 2.80 bits per heavy atom. The standard InChI is InChI=1S/C14H15N5O/c1-20-7-6-19-14-12(13(15)18-19)8-11(9-17-14)10-2-4-16-5-3-10/h2-5,8-9H,6-7H2,1H3,(H2,15,18). The topological polar surface area (TPSA) is 78.9 Å². The summed E-state index contributed by atoms with van der Waals surface area (Å²) < 4.78 is 6.83. The molecule has 6 nitrogen and oxygen atoms in total. The number of hydrogen-bond donors (Lipinski definition) is 1. The van der Waals surface area contributed by atoms with Crippen LogP contribution in [0.2, 0.25) is 0 Å². The Bertz CT molecular complexity index is 723. The number of rotatable bonds is 4. The smallest absolute Gasteiger partial charge is 0.160 e. The molecule has 0 spiro atoms. The largest absolute Gasteiger partial charge is 0.383 e. The Kier molecular flexibility index (Phi) is 3.30. The highest BCUT2D eigenvalue weighted by atomic mass is 16.5. The summed E-state index contributed by atoms with van der Waals surface area (Å²) in [5.74, 6) is 0.486. The minimum Gasteiger partial charge on any atom is -0.383 e. The van der Waals surface area contributed by atoms with Gasteiger partial charge in [-0.25, -0.2) is 9.67 Å². The molecule has 0 unspecified atom stereocenters. The van der Waals surface area contributed by atoms with Crippen LogP contribution in [0.15, 0.2) is 36.8 Å². The first-order valence-electron chi connectivity index (χ1n) is 6.31. The van der Waals surface area contributed by atoms with Crippen LogP contribution in [0.25, 0.3) is 22.2 Å². The van der Waals surface area contributed by atoms with Gasteiger partial charge in [0.15, 0.2) is 11.5 Å². The number of nitrogens with zero attached hydrogens (tertiary/aromatic N) is 4. The van der Waals surface area contributed by atoms with Gasteiger partial charge in [-0.2, -0.15) is 5.10 Å². The highest BCUT2D eigenvalue weighted by Crippen LogP contribution is 2.25. The molecule has 0 fully saturated rings. The second-order valence-corrected chi connectivity index (χ2v) is 4.43. The fraction of sp³-hybridized carbons (Fsp3) is 0.214. The molecule has 0 aliphatic rings. The molecular weight excluding hydrogens is 254 g/mol. The number of aromatic nitrogens is 4. The molecule has 3 rings (SSSR count). The zero-order chi connectivity index (χ0) is 13.9. The molecule has 0 aromatic carbocycles. The quantitative estimate of drug-likeness (QED) is 0.780. The molecule has 0 amide bonds. The summed E-state index contributed by atoms with van der Waals surface area (Å²) in [6.45, 7) is 1.20. The second-order valence-electron chi connectivity index (χ2n) is 4.43. The number of nitrogens with two attached hydrogens (primary N) is 1. The third-order valence-corrected chi connectivity index (χ3v) is 3.14. The molecule has 2 N–H and O–H groups in total. The van der Waals surface area contributed by atoms with Crippen molar-refractivity contribution in [3.8, 4) is 11.1 Å². The molecule has 0 atom stereocenters. The summed E-state index contributed by atoms with van der Waals surface area (Å²) in [5.41, 5.74) is 8.80. The van der Waals surface area contributed by atoms with E-state index in [2.05, 4.69) is 15.1 Å². The fourth-order valence-electron chi connectivity index (χ4n) is 2.12. The lowest BCUT2D eigenvalue weighted by atomic mass is 10.1. The zero-order valence-corrected chi connectivity index (χ0v) is 11.2. The van der Waals surface area contributed by atoms with Crippen molar-refractivity contribution in [1.82, 2.24) is 19.7 Å². The summed E-state index contributed by atoms with van der Waals surface area (Å²) in [6.07, 6.45) is 5.33. The number of hydrogen-bond acceptors (Lipinski definition) is 5. The number of ether oxygens (including phenoxy) is 1. The Morgan fingerprint density at radius 2 is 2.05 bits per heavy atom. The number of fused-ring (bicyclic) bond motifs is 1. The Labute approximate surface area is 116 Å². The van der Waals surface area contributed by atoms with Gasteiger partial charge in [0.1, 0.15) is 0 Å². The van der Waals surface area contributed by atoms with E-state index in [1.165, 1.54) is 0 Å². The van der Waals surface area contributed by atoms with E-state index in [4.69, 9.17) is 10.5 Å². The highest BCUT2D eigenvalue weighted by molar-refractivity contribution is 5.89. The van der Waals surface area contributed by atoms with E-state index >= 15 is 0 Å². The van der Waals surface area contributed by atoms with E-state index in [0.717, 1.165) is 22.2 Å². The molecule has 102 valence electrons. The summed E-state index contributed by atoms with van der Waals surface area (Å²) in [6, 6.07) is 5.88. The van der Waals surface area contributed by atoms with Gasteiger partial charge in [-0.3, -0.25) is 4.98 Å². The zero-order valence-electron chi connectivity index (χ0n) is 11.2. The first-order chi connectivity index (χ1) is 9.79. The van der Waals surface area contributed by atoms with E-state index < -0.39 is 0 Å². The first kappa shape index (κ1) is 12.6. The van der Waals surface area contributed by atoms with Gasteiger partial charge < -0.3 is 10.5 Å². The van der Waals surface area contributed by atoms with Crippen molar-refractivity contribution in [2.45, 2.75) is 6.54 Å². The lowest BCUT2D eigenvalue weighted by Gasteiger charge is -2.03. The van der Waals surface area contributed by atoms with Gasteiger partial charge in [-0.05, 0) is 23.8 Å². The first-order valence-corrected chi connectivity index (χ1v) is 6.31. The molecule has 20 heavy (non-hydrogen) atoms. The lowest BCUT2D eigenvalue weighted by Crippen LogP contribution is -2.06. The number of nitrogen functional groups attached to an aromatic ring is 1. The Hall–Kier alpha value is -2.47. The maximum absolute atomic E-state index is 5.97. The molecule has 0 saturated heterocycles. The number of methoxy groups -OCH3 is 1. The second kappa shape index (κ2) is 5.26. The van der Waals surface area contributed by atoms with Crippen molar-refractivity contribution < 1.29 is 4.74 Å². The molecule has 6 heteroatoms. The normalized spacial score (nSPS) is 11.1. The molecule has 0 aliphatic carbocycles. The monoisotopic (exact) mass is 269 g/mol. The van der Waals surface area contributed by atoms with Crippen molar-refractivity contribution >= 4 is 16.9 Å². The van der Waals surface area contributed by atoms with Crippen LogP contribution in [-0.2, 0) is 11.3 Å². The van der Waals surface area contributed by atoms with Crippen molar-refractivity contribution in [2.75, 3.05) is 19.5 Å². The molecule has 3 aromatic rings. The SMILES string of the molecule is COCCn1nc(N)c2cc(-c3ccncc3)cnc21. The van der Waals surface area contributed by atoms with Gasteiger partial charge in [-0.15, -0.1) is 0 Å². The van der Waals surface area contributed by atoms with Crippen LogP contribution in [-0.4, -0.2) is 33.5 Å². The van der Waals surface area contributed by atoms with Gasteiger partial charge in [0.05, 0.1) is 18.5 Å². The Balaban J connectivity index is 2.06. The average Bonchev–Trinajstić information content (AvgIpc) is 2.82. The third-order valence-electron chi connectivity index (χ3n) is 3.14. The maximum Gasteiger partial charge on any atom is 0.160 e. The van der Waals surface area contributed by atoms with E-state index in [0.29, 0.717) is 19.0 Å². The maximum atomic E-state index is 5.97. The molecule has 3 aromatic heterocycles. The summed E-state index contributed by atoms with van der Waals surface area (Å²) in [4.78, 5) is 8.49. The minimum atomic E-state index is 0.486. The predicted molar refractivity (Wildman–Crippen MR) is 77.0 cm³/mol. The summed E-state index contributed by atoms with van der Waals surface area (Å²) in [5, 5.41) is 5.16. The molecule has 0 aliphatic heterocycles. The van der Waals surface area contributed by atoms with Crippen molar-refractivity contribution in [3.05, 3.63) is 36.8 Å². The summed E-state index contributed by atoms with van der Waals surface area (Å²) in [7, 11) is 1.66. The minimum absolute atomic E-state index is 0.486. The van der Waals surface area contributed by atoms with Crippen LogP contribution in [0, 0.1) is 0 Å². The van der Waals surface area contributed by atoms with Crippen LogP contribution in [0.3, 0.4) is 0 Å². The van der Waals surface area contributed by atoms with Crippen LogP contribution in [0.5, 0.6) is 0 Å². The molecule has 3 heterocycles. The summed E-state index contributed by atoms with van der Waals surface area (Å²) >= 11 is 0. The van der Waals surface area contributed by atoms with E-state index in [-0.39, 0.29) is 0 Å². The molecular formula is C14H15N5O. The lowest BCUT2D eigenvalue weighted by molar-refractivity contribution is 0.185. The van der Waals surface area contributed by atoms with Gasteiger partial charge in [0, 0.05) is 31.3 Å². The Morgan fingerprint density at radius 1 is 1.25 bits per heavy atom. The average molecular weight is 269 g/mol. The molecule has 0 radical (unpaired) electrons. The van der Waals surface area contributed by atoms with Crippen molar-refractivity contribution in [1.29, 1.82) is 0 Å². The van der Waals surface area contributed by atoms with Gasteiger partial charge in [-0.1, -0.05) is 0 Å². The van der Waals surface area contributed by atoms with Crippen LogP contribution < -0.4 is 5.73 Å². The molecule has 0 bridgehead atoms. The van der Waals surface area contributed by atoms with Crippen molar-refractivity contribution in [3.63, 3.8) is 0 Å². The third kappa shape index (κ3) is 2.21. The van der Waals surface area contributed by atoms with Gasteiger partial charge >= 0.3 is 0 Å². The van der Waals surface area contributed by atoms with Crippen LogP contribution >= 0.6 is 0 Å². The van der Waals surface area contributed by atoms with E-state index in [9.17, 15) is 0 Å². The fourth-order valence-corrected chi connectivity index (χ4v) is 2.12. The van der Waals surface area contributed by atoms with Crippen LogP contribution in [0.1, 0.15) is 0 Å². The van der Waals surface area contributed by atoms with Gasteiger partial charge in [0.2, 0.25) is 0 Å². The van der Waals surface area contributed by atoms with Crippen LogP contribution in [0.4, 0.5) is 5.82 Å². The number of anilines is 1.